The van der Waals surface area contributed by atoms with Crippen molar-refractivity contribution in [2.24, 2.45) is 0 Å². The lowest BCUT2D eigenvalue weighted by Gasteiger charge is -2.25. The molecule has 0 radical (unpaired) electrons. The Labute approximate surface area is 169 Å². The number of anilines is 2. The second kappa shape index (κ2) is 8.19. The molecular weight excluding hydrogens is 437 g/mol. The first-order valence-electron chi connectivity index (χ1n) is 7.90. The highest BCUT2D eigenvalue weighted by atomic mass is 35.5. The van der Waals surface area contributed by atoms with Crippen LogP contribution in [0.2, 0.25) is 5.02 Å². The average molecular weight is 453 g/mol. The molecule has 158 valence electrons. The Morgan fingerprint density at radius 3 is 2.21 bits per heavy atom. The second-order valence-corrected chi connectivity index (χ2v) is 8.22. The van der Waals surface area contributed by atoms with E-state index in [1.165, 1.54) is 24.3 Å². The molecule has 1 amide bonds. The van der Waals surface area contributed by atoms with Crippen molar-refractivity contribution in [2.45, 2.75) is 30.2 Å². The predicted octanol–water partition coefficient (Wildman–Crippen LogP) is 2.88. The van der Waals surface area contributed by atoms with Crippen LogP contribution in [0.5, 0.6) is 0 Å². The average Bonchev–Trinajstić information content (AvgIpc) is 2.62. The van der Waals surface area contributed by atoms with Crippen LogP contribution in [0.1, 0.15) is 12.5 Å². The van der Waals surface area contributed by atoms with Gasteiger partial charge in [-0.15, -0.1) is 0 Å². The molecule has 0 unspecified atom stereocenters. The van der Waals surface area contributed by atoms with E-state index in [9.17, 15) is 31.5 Å². The number of carbonyl (C=O) groups is 1. The van der Waals surface area contributed by atoms with Gasteiger partial charge in [0, 0.05) is 5.69 Å². The van der Waals surface area contributed by atoms with Gasteiger partial charge in [-0.1, -0.05) is 23.7 Å². The summed E-state index contributed by atoms with van der Waals surface area (Å²) in [7, 11) is -4.09. The van der Waals surface area contributed by atoms with Crippen molar-refractivity contribution in [1.82, 2.24) is 0 Å². The molecule has 0 saturated carbocycles. The van der Waals surface area contributed by atoms with Gasteiger partial charge in [-0.3, -0.25) is 9.52 Å². The third-order valence-corrected chi connectivity index (χ3v) is 5.57. The Morgan fingerprint density at radius 1 is 1.14 bits per heavy atom. The predicted molar refractivity (Wildman–Crippen MR) is 99.9 cm³/mol. The molecule has 0 bridgehead atoms. The van der Waals surface area contributed by atoms with E-state index in [1.54, 1.807) is 0 Å². The zero-order valence-corrected chi connectivity index (χ0v) is 16.4. The molecule has 0 heterocycles. The van der Waals surface area contributed by atoms with Gasteiger partial charge in [0.25, 0.3) is 15.9 Å². The minimum absolute atomic E-state index is 0.205. The summed E-state index contributed by atoms with van der Waals surface area (Å²) in [5, 5.41) is 19.8. The Bertz CT molecular complexity index is 1010. The van der Waals surface area contributed by atoms with E-state index in [0.29, 0.717) is 5.56 Å². The SMILES string of the molecule is C[C@@](O)(C(=O)Nc1ccc(S(=O)(=O)Nc2ccc(CO)cc2)cc1Cl)C(F)(F)F. The summed E-state index contributed by atoms with van der Waals surface area (Å²) in [5.41, 5.74) is -3.20. The van der Waals surface area contributed by atoms with E-state index >= 15 is 0 Å². The van der Waals surface area contributed by atoms with E-state index in [1.807, 2.05) is 5.32 Å². The molecule has 0 saturated heterocycles. The fraction of sp³-hybridized carbons (Fsp3) is 0.235. The van der Waals surface area contributed by atoms with E-state index in [2.05, 4.69) is 4.72 Å². The Morgan fingerprint density at radius 2 is 1.72 bits per heavy atom. The van der Waals surface area contributed by atoms with Crippen LogP contribution in [-0.4, -0.2) is 36.3 Å². The molecule has 12 heteroatoms. The van der Waals surface area contributed by atoms with Crippen molar-refractivity contribution in [3.8, 4) is 0 Å². The number of carbonyl (C=O) groups excluding carboxylic acids is 1. The van der Waals surface area contributed by atoms with Crippen LogP contribution in [-0.2, 0) is 21.4 Å². The lowest BCUT2D eigenvalue weighted by atomic mass is 10.1. The molecule has 0 spiro atoms. The number of aliphatic hydroxyl groups is 2. The van der Waals surface area contributed by atoms with Crippen molar-refractivity contribution in [3.05, 3.63) is 53.1 Å². The zero-order chi connectivity index (χ0) is 22.0. The van der Waals surface area contributed by atoms with Gasteiger partial charge in [-0.2, -0.15) is 13.2 Å². The highest BCUT2D eigenvalue weighted by Gasteiger charge is 2.55. The molecule has 0 aliphatic rings. The molecule has 0 aliphatic heterocycles. The number of amides is 1. The van der Waals surface area contributed by atoms with Crippen LogP contribution in [0.25, 0.3) is 0 Å². The zero-order valence-electron chi connectivity index (χ0n) is 14.8. The largest absolute Gasteiger partial charge is 0.426 e. The van der Waals surface area contributed by atoms with Crippen LogP contribution >= 0.6 is 11.6 Å². The van der Waals surface area contributed by atoms with Crippen LogP contribution in [0.4, 0.5) is 24.5 Å². The first kappa shape index (κ1) is 22.9. The molecule has 2 aromatic rings. The normalized spacial score (nSPS) is 14.2. The van der Waals surface area contributed by atoms with Crippen LogP contribution in [0, 0.1) is 0 Å². The van der Waals surface area contributed by atoms with Crippen LogP contribution in [0.15, 0.2) is 47.4 Å². The summed E-state index contributed by atoms with van der Waals surface area (Å²) < 4.78 is 65.3. The standard InChI is InChI=1S/C17H16ClF3N2O5S/c1-16(26,17(19,20)21)15(25)22-14-7-6-12(8-13(14)18)29(27,28)23-11-4-2-10(9-24)3-5-11/h2-8,23-24,26H,9H2,1H3,(H,22,25)/t16-/m1/s1. The van der Waals surface area contributed by atoms with E-state index in [-0.39, 0.29) is 34.8 Å². The minimum Gasteiger partial charge on any atom is -0.392 e. The fourth-order valence-electron chi connectivity index (χ4n) is 2.03. The molecule has 1 atom stereocenters. The fourth-order valence-corrected chi connectivity index (χ4v) is 3.41. The lowest BCUT2D eigenvalue weighted by molar-refractivity contribution is -0.242. The van der Waals surface area contributed by atoms with Gasteiger partial charge in [0.05, 0.1) is 22.2 Å². The number of nitrogens with one attached hydrogen (secondary N) is 2. The molecule has 2 rings (SSSR count). The highest BCUT2D eigenvalue weighted by molar-refractivity contribution is 7.92. The summed E-state index contributed by atoms with van der Waals surface area (Å²) in [6.07, 6.45) is -5.22. The summed E-state index contributed by atoms with van der Waals surface area (Å²) in [5.74, 6) is -1.77. The van der Waals surface area contributed by atoms with Crippen molar-refractivity contribution in [3.63, 3.8) is 0 Å². The number of alkyl halides is 3. The number of hydrogen-bond acceptors (Lipinski definition) is 5. The molecule has 0 aromatic heterocycles. The van der Waals surface area contributed by atoms with Gasteiger partial charge in [0.2, 0.25) is 5.60 Å². The van der Waals surface area contributed by atoms with Crippen molar-refractivity contribution in [2.75, 3.05) is 10.0 Å². The molecule has 2 aromatic carbocycles. The van der Waals surface area contributed by atoms with Gasteiger partial charge >= 0.3 is 6.18 Å². The number of aliphatic hydroxyl groups excluding tert-OH is 1. The molecule has 0 aliphatic carbocycles. The number of hydrogen-bond donors (Lipinski definition) is 4. The van der Waals surface area contributed by atoms with E-state index in [4.69, 9.17) is 16.7 Å². The topological polar surface area (TPSA) is 116 Å². The molecule has 4 N–H and O–H groups in total. The maximum absolute atomic E-state index is 12.7. The van der Waals surface area contributed by atoms with Crippen molar-refractivity contribution in [1.29, 1.82) is 0 Å². The second-order valence-electron chi connectivity index (χ2n) is 6.13. The Kier molecular flexibility index (Phi) is 6.48. The first-order chi connectivity index (χ1) is 13.3. The van der Waals surface area contributed by atoms with Gasteiger partial charge in [0.1, 0.15) is 0 Å². The lowest BCUT2D eigenvalue weighted by Crippen LogP contribution is -2.52. The summed E-state index contributed by atoms with van der Waals surface area (Å²) >= 11 is 5.89. The first-order valence-corrected chi connectivity index (χ1v) is 9.77. The summed E-state index contributed by atoms with van der Waals surface area (Å²) in [4.78, 5) is 11.4. The van der Waals surface area contributed by atoms with Crippen molar-refractivity contribution >= 4 is 38.9 Å². The Hall–Kier alpha value is -2.34. The molecule has 0 fully saturated rings. The smallest absolute Gasteiger partial charge is 0.392 e. The van der Waals surface area contributed by atoms with Gasteiger partial charge in [-0.25, -0.2) is 8.42 Å². The summed E-state index contributed by atoms with van der Waals surface area (Å²) in [6, 6.07) is 8.83. The van der Waals surface area contributed by atoms with Gasteiger partial charge in [-0.05, 0) is 42.8 Å². The monoisotopic (exact) mass is 452 g/mol. The number of benzene rings is 2. The third kappa shape index (κ3) is 5.18. The molecular formula is C17H16ClF3N2O5S. The van der Waals surface area contributed by atoms with Gasteiger partial charge < -0.3 is 15.5 Å². The number of halogens is 4. The molecule has 29 heavy (non-hydrogen) atoms. The Balaban J connectivity index is 2.22. The van der Waals surface area contributed by atoms with Crippen molar-refractivity contribution < 1.29 is 36.6 Å². The highest BCUT2D eigenvalue weighted by Crippen LogP contribution is 2.33. The van der Waals surface area contributed by atoms with E-state index in [0.717, 1.165) is 18.2 Å². The summed E-state index contributed by atoms with van der Waals surface area (Å²) in [6.45, 7) is 0.0676. The maximum atomic E-state index is 12.7. The third-order valence-electron chi connectivity index (χ3n) is 3.88. The van der Waals surface area contributed by atoms with E-state index < -0.39 is 27.7 Å². The minimum atomic E-state index is -5.22. The van der Waals surface area contributed by atoms with Gasteiger partial charge in [0.15, 0.2) is 0 Å². The number of sulfonamides is 1. The quantitative estimate of drug-likeness (QED) is 0.538. The van der Waals surface area contributed by atoms with Crippen LogP contribution < -0.4 is 10.0 Å². The maximum Gasteiger partial charge on any atom is 0.426 e. The van der Waals surface area contributed by atoms with Crippen LogP contribution in [0.3, 0.4) is 0 Å². The number of rotatable bonds is 6. The molecule has 7 nitrogen and oxygen atoms in total.